The predicted octanol–water partition coefficient (Wildman–Crippen LogP) is 3.89. The van der Waals surface area contributed by atoms with Gasteiger partial charge in [-0.1, -0.05) is 23.2 Å². The van der Waals surface area contributed by atoms with Gasteiger partial charge in [-0.05, 0) is 38.8 Å². The van der Waals surface area contributed by atoms with E-state index in [-0.39, 0.29) is 45.3 Å². The van der Waals surface area contributed by atoms with Crippen molar-refractivity contribution in [3.63, 3.8) is 0 Å². The van der Waals surface area contributed by atoms with Gasteiger partial charge in [0.2, 0.25) is 0 Å². The van der Waals surface area contributed by atoms with Crippen molar-refractivity contribution in [2.24, 2.45) is 0 Å². The fraction of sp³-hybridized carbons (Fsp3) is 0.444. The first-order valence-electron chi connectivity index (χ1n) is 8.60. The van der Waals surface area contributed by atoms with E-state index in [2.05, 4.69) is 0 Å². The van der Waals surface area contributed by atoms with Gasteiger partial charge in [-0.3, -0.25) is 9.48 Å². The van der Waals surface area contributed by atoms with Crippen LogP contribution in [0.5, 0.6) is 5.75 Å². The first kappa shape index (κ1) is 19.8. The van der Waals surface area contributed by atoms with Crippen molar-refractivity contribution in [1.29, 1.82) is 0 Å². The summed E-state index contributed by atoms with van der Waals surface area (Å²) in [5, 5.41) is 0.153. The Balaban J connectivity index is 1.97. The molecule has 1 aromatic heterocycles. The topological polar surface area (TPSA) is 62.5 Å². The zero-order valence-electron chi connectivity index (χ0n) is 14.9. The van der Waals surface area contributed by atoms with Crippen LogP contribution >= 0.6 is 23.2 Å². The van der Waals surface area contributed by atoms with Crippen molar-refractivity contribution in [3.05, 3.63) is 38.5 Å². The van der Waals surface area contributed by atoms with Crippen LogP contribution in [-0.4, -0.2) is 28.0 Å². The van der Waals surface area contributed by atoms with Crippen molar-refractivity contribution in [2.75, 3.05) is 6.61 Å². The van der Waals surface area contributed by atoms with E-state index in [1.165, 1.54) is 10.7 Å². The maximum Gasteiger partial charge on any atom is 0.344 e. The predicted molar refractivity (Wildman–Crippen MR) is 100 cm³/mol. The van der Waals surface area contributed by atoms with E-state index in [0.29, 0.717) is 13.1 Å². The summed E-state index contributed by atoms with van der Waals surface area (Å²) < 4.78 is 28.1. The number of rotatable bonds is 5. The molecule has 0 saturated heterocycles. The summed E-state index contributed by atoms with van der Waals surface area (Å²) in [6.07, 6.45) is 1.46. The van der Waals surface area contributed by atoms with Crippen molar-refractivity contribution in [1.82, 2.24) is 9.36 Å². The fourth-order valence-corrected chi connectivity index (χ4v) is 3.58. The van der Waals surface area contributed by atoms with Gasteiger partial charge in [0, 0.05) is 18.7 Å². The SMILES string of the molecule is CC(C)OC(=O)COc1cc(-c2c(Cl)n3n(c2=O)CCCC3)c(F)cc1Cl. The lowest BCUT2D eigenvalue weighted by atomic mass is 10.1. The molecule has 2 aromatic rings. The highest BCUT2D eigenvalue weighted by Gasteiger charge is 2.25. The second-order valence-corrected chi connectivity index (χ2v) is 7.28. The van der Waals surface area contributed by atoms with Crippen LogP contribution in [0.4, 0.5) is 4.39 Å². The summed E-state index contributed by atoms with van der Waals surface area (Å²) in [4.78, 5) is 24.4. The number of hydrogen-bond donors (Lipinski definition) is 0. The minimum Gasteiger partial charge on any atom is -0.480 e. The van der Waals surface area contributed by atoms with Crippen LogP contribution in [0.2, 0.25) is 10.2 Å². The lowest BCUT2D eigenvalue weighted by Gasteiger charge is -2.17. The molecule has 0 fully saturated rings. The molecule has 6 nitrogen and oxygen atoms in total. The molecule has 27 heavy (non-hydrogen) atoms. The van der Waals surface area contributed by atoms with E-state index >= 15 is 0 Å². The lowest BCUT2D eigenvalue weighted by molar-refractivity contribution is -0.149. The molecule has 1 aliphatic heterocycles. The van der Waals surface area contributed by atoms with Crippen molar-refractivity contribution in [2.45, 2.75) is 45.9 Å². The molecule has 0 atom stereocenters. The molecule has 0 aliphatic carbocycles. The fourth-order valence-electron chi connectivity index (χ4n) is 3.02. The third kappa shape index (κ3) is 3.99. The number of fused-ring (bicyclic) bond motifs is 1. The number of esters is 1. The summed E-state index contributed by atoms with van der Waals surface area (Å²) in [6.45, 7) is 4.16. The number of benzene rings is 1. The molecule has 0 unspecified atom stereocenters. The van der Waals surface area contributed by atoms with Gasteiger partial charge < -0.3 is 9.47 Å². The average molecular weight is 417 g/mol. The Morgan fingerprint density at radius 2 is 1.89 bits per heavy atom. The third-order valence-corrected chi connectivity index (χ3v) is 4.85. The van der Waals surface area contributed by atoms with Crippen LogP contribution in [0.3, 0.4) is 0 Å². The summed E-state index contributed by atoms with van der Waals surface area (Å²) in [7, 11) is 0. The molecule has 0 saturated carbocycles. The largest absolute Gasteiger partial charge is 0.480 e. The van der Waals surface area contributed by atoms with Crippen LogP contribution in [0.1, 0.15) is 26.7 Å². The summed E-state index contributed by atoms with van der Waals surface area (Å²) in [6, 6.07) is 2.33. The lowest BCUT2D eigenvalue weighted by Crippen LogP contribution is -2.27. The number of halogens is 3. The average Bonchev–Trinajstić information content (AvgIpc) is 2.85. The molecule has 3 rings (SSSR count). The smallest absolute Gasteiger partial charge is 0.344 e. The second-order valence-electron chi connectivity index (χ2n) is 6.51. The quantitative estimate of drug-likeness (QED) is 0.693. The van der Waals surface area contributed by atoms with E-state index in [1.807, 2.05) is 0 Å². The number of carbonyl (C=O) groups excluding carboxylic acids is 1. The first-order chi connectivity index (χ1) is 12.8. The Morgan fingerprint density at radius 1 is 1.22 bits per heavy atom. The molecular formula is C18H19Cl2FN2O4. The number of ether oxygens (including phenoxy) is 2. The van der Waals surface area contributed by atoms with Crippen molar-refractivity contribution >= 4 is 29.2 Å². The summed E-state index contributed by atoms with van der Waals surface area (Å²) >= 11 is 12.4. The minimum absolute atomic E-state index is 0.0176. The number of carbonyl (C=O) groups is 1. The van der Waals surface area contributed by atoms with Crippen molar-refractivity contribution < 1.29 is 18.7 Å². The Labute approximate surface area is 165 Å². The van der Waals surface area contributed by atoms with Gasteiger partial charge in [0.05, 0.1) is 16.7 Å². The van der Waals surface area contributed by atoms with Gasteiger partial charge in [-0.15, -0.1) is 0 Å². The normalized spacial score (nSPS) is 13.6. The molecule has 0 amide bonds. The Hall–Kier alpha value is -1.99. The molecule has 9 heteroatoms. The standard InChI is InChI=1S/C18H19Cl2FN2O4/c1-10(2)27-15(24)9-26-14-7-11(13(21)8-12(14)19)16-17(20)22-5-3-4-6-23(22)18(16)25/h7-8,10H,3-6,9H2,1-2H3. The molecule has 1 aromatic carbocycles. The highest BCUT2D eigenvalue weighted by atomic mass is 35.5. The van der Waals surface area contributed by atoms with E-state index in [1.54, 1.807) is 18.5 Å². The number of hydrogen-bond acceptors (Lipinski definition) is 4. The number of nitrogens with zero attached hydrogens (tertiary/aromatic N) is 2. The van der Waals surface area contributed by atoms with Gasteiger partial charge in [-0.2, -0.15) is 0 Å². The summed E-state index contributed by atoms with van der Waals surface area (Å²) in [5.41, 5.74) is -0.329. The van der Waals surface area contributed by atoms with E-state index < -0.39 is 11.8 Å². The van der Waals surface area contributed by atoms with Gasteiger partial charge in [-0.25, -0.2) is 13.9 Å². The van der Waals surface area contributed by atoms with Crippen LogP contribution in [0.15, 0.2) is 16.9 Å². The monoisotopic (exact) mass is 416 g/mol. The Kier molecular flexibility index (Phi) is 5.81. The highest BCUT2D eigenvalue weighted by Crippen LogP contribution is 2.35. The Bertz CT molecular complexity index is 936. The van der Waals surface area contributed by atoms with E-state index in [4.69, 9.17) is 32.7 Å². The molecule has 0 spiro atoms. The van der Waals surface area contributed by atoms with Crippen LogP contribution in [0, 0.1) is 5.82 Å². The van der Waals surface area contributed by atoms with Gasteiger partial charge >= 0.3 is 5.97 Å². The zero-order chi connectivity index (χ0) is 19.7. The molecule has 0 bridgehead atoms. The number of aromatic nitrogens is 2. The molecule has 2 heterocycles. The molecule has 0 N–H and O–H groups in total. The van der Waals surface area contributed by atoms with Gasteiger partial charge in [0.1, 0.15) is 16.7 Å². The van der Waals surface area contributed by atoms with Crippen LogP contribution in [0.25, 0.3) is 11.1 Å². The minimum atomic E-state index is -0.695. The van der Waals surface area contributed by atoms with Crippen molar-refractivity contribution in [3.8, 4) is 16.9 Å². The maximum atomic E-state index is 14.6. The maximum absolute atomic E-state index is 14.6. The highest BCUT2D eigenvalue weighted by molar-refractivity contribution is 6.33. The van der Waals surface area contributed by atoms with E-state index in [9.17, 15) is 14.0 Å². The van der Waals surface area contributed by atoms with Crippen LogP contribution in [-0.2, 0) is 22.6 Å². The first-order valence-corrected chi connectivity index (χ1v) is 9.36. The van der Waals surface area contributed by atoms with Gasteiger partial charge in [0.15, 0.2) is 6.61 Å². The second kappa shape index (κ2) is 7.94. The van der Waals surface area contributed by atoms with Crippen LogP contribution < -0.4 is 10.3 Å². The Morgan fingerprint density at radius 3 is 2.52 bits per heavy atom. The molecule has 0 radical (unpaired) electrons. The summed E-state index contributed by atoms with van der Waals surface area (Å²) in [5.74, 6) is -1.21. The molecule has 1 aliphatic rings. The molecule has 146 valence electrons. The third-order valence-electron chi connectivity index (χ3n) is 4.17. The zero-order valence-corrected chi connectivity index (χ0v) is 16.4. The van der Waals surface area contributed by atoms with Gasteiger partial charge in [0.25, 0.3) is 5.56 Å². The van der Waals surface area contributed by atoms with E-state index in [0.717, 1.165) is 18.9 Å². The molecular weight excluding hydrogens is 398 g/mol.